The van der Waals surface area contributed by atoms with E-state index in [4.69, 9.17) is 0 Å². The number of halogens is 2. The molecule has 2 aromatic carbocycles. The summed E-state index contributed by atoms with van der Waals surface area (Å²) in [4.78, 5) is 20.6. The number of aromatic nitrogens is 1. The van der Waals surface area contributed by atoms with Crippen LogP contribution in [0.1, 0.15) is 17.7 Å². The van der Waals surface area contributed by atoms with Gasteiger partial charge in [-0.15, -0.1) is 11.8 Å². The van der Waals surface area contributed by atoms with Gasteiger partial charge in [0.1, 0.15) is 11.6 Å². The van der Waals surface area contributed by atoms with Crippen LogP contribution in [0.15, 0.2) is 77.8 Å². The number of hydrogen-bond donors (Lipinski definition) is 1. The predicted molar refractivity (Wildman–Crippen MR) is 122 cm³/mol. The van der Waals surface area contributed by atoms with Gasteiger partial charge in [-0.1, -0.05) is 18.2 Å². The SMILES string of the molecule is O=C(NCCc1cccc(F)c1)[C@@H]1C[C@@H](Sc2ccc(F)cc2)CN1Cc1ccccn1. The molecule has 0 bridgehead atoms. The molecule has 1 amide bonds. The zero-order valence-electron chi connectivity index (χ0n) is 17.6. The smallest absolute Gasteiger partial charge is 0.237 e. The summed E-state index contributed by atoms with van der Waals surface area (Å²) < 4.78 is 26.6. The molecule has 1 aliphatic heterocycles. The van der Waals surface area contributed by atoms with Crippen molar-refractivity contribution in [3.63, 3.8) is 0 Å². The number of amides is 1. The topological polar surface area (TPSA) is 45.2 Å². The normalized spacial score (nSPS) is 18.6. The van der Waals surface area contributed by atoms with Gasteiger partial charge in [0.15, 0.2) is 0 Å². The largest absolute Gasteiger partial charge is 0.354 e. The molecule has 166 valence electrons. The Bertz CT molecular complexity index is 1030. The summed E-state index contributed by atoms with van der Waals surface area (Å²) in [7, 11) is 0. The maximum atomic E-state index is 13.4. The van der Waals surface area contributed by atoms with Crippen LogP contribution in [-0.4, -0.2) is 40.2 Å². The molecule has 1 aliphatic rings. The minimum atomic E-state index is -0.275. The lowest BCUT2D eigenvalue weighted by Gasteiger charge is -2.23. The molecule has 3 aromatic rings. The van der Waals surface area contributed by atoms with Gasteiger partial charge in [0, 0.05) is 36.0 Å². The van der Waals surface area contributed by atoms with E-state index in [-0.39, 0.29) is 28.8 Å². The van der Waals surface area contributed by atoms with Crippen molar-refractivity contribution in [1.29, 1.82) is 0 Å². The standard InChI is InChI=1S/C25H25F2N3OS/c26-19-7-9-22(10-8-19)32-23-15-24(30(17-23)16-21-6-1-2-12-28-21)25(31)29-13-11-18-4-3-5-20(27)14-18/h1-10,12,14,23-24H,11,13,15-17H2,(H,29,31)/t23-,24+/m1/s1. The highest BCUT2D eigenvalue weighted by Crippen LogP contribution is 2.33. The molecule has 4 rings (SSSR count). The van der Waals surface area contributed by atoms with E-state index in [9.17, 15) is 13.6 Å². The molecule has 32 heavy (non-hydrogen) atoms. The molecule has 2 atom stereocenters. The first-order chi connectivity index (χ1) is 15.6. The van der Waals surface area contributed by atoms with Crippen molar-refractivity contribution < 1.29 is 13.6 Å². The Morgan fingerprint density at radius 2 is 1.91 bits per heavy atom. The fraction of sp³-hybridized carbons (Fsp3) is 0.280. The number of carbonyl (C=O) groups is 1. The lowest BCUT2D eigenvalue weighted by atomic mass is 10.1. The monoisotopic (exact) mass is 453 g/mol. The van der Waals surface area contributed by atoms with Gasteiger partial charge in [-0.05, 0) is 66.9 Å². The molecule has 1 fully saturated rings. The lowest BCUT2D eigenvalue weighted by molar-refractivity contribution is -0.125. The van der Waals surface area contributed by atoms with Crippen LogP contribution >= 0.6 is 11.8 Å². The third kappa shape index (κ3) is 6.14. The van der Waals surface area contributed by atoms with Crippen molar-refractivity contribution in [1.82, 2.24) is 15.2 Å². The highest BCUT2D eigenvalue weighted by atomic mass is 32.2. The quantitative estimate of drug-likeness (QED) is 0.547. The van der Waals surface area contributed by atoms with E-state index in [1.165, 1.54) is 24.3 Å². The number of likely N-dealkylation sites (tertiary alicyclic amines) is 1. The molecule has 0 saturated carbocycles. The number of thioether (sulfide) groups is 1. The van der Waals surface area contributed by atoms with Crippen LogP contribution < -0.4 is 5.32 Å². The molecule has 1 aromatic heterocycles. The van der Waals surface area contributed by atoms with Crippen LogP contribution in [-0.2, 0) is 17.8 Å². The molecule has 4 nitrogen and oxygen atoms in total. The van der Waals surface area contributed by atoms with Gasteiger partial charge in [0.2, 0.25) is 5.91 Å². The van der Waals surface area contributed by atoms with E-state index in [1.807, 2.05) is 24.3 Å². The van der Waals surface area contributed by atoms with Gasteiger partial charge in [-0.3, -0.25) is 14.7 Å². The molecule has 0 aliphatic carbocycles. The fourth-order valence-corrected chi connectivity index (χ4v) is 5.16. The van der Waals surface area contributed by atoms with Gasteiger partial charge < -0.3 is 5.32 Å². The second kappa shape index (κ2) is 10.7. The molecule has 0 unspecified atom stereocenters. The van der Waals surface area contributed by atoms with Crippen molar-refractivity contribution >= 4 is 17.7 Å². The Morgan fingerprint density at radius 3 is 2.66 bits per heavy atom. The van der Waals surface area contributed by atoms with E-state index in [0.29, 0.717) is 25.9 Å². The molecule has 0 radical (unpaired) electrons. The highest BCUT2D eigenvalue weighted by molar-refractivity contribution is 8.00. The average Bonchev–Trinajstić information content (AvgIpc) is 3.18. The summed E-state index contributed by atoms with van der Waals surface area (Å²) in [5.74, 6) is -0.556. The van der Waals surface area contributed by atoms with Crippen LogP contribution in [0.4, 0.5) is 8.78 Å². The van der Waals surface area contributed by atoms with Crippen molar-refractivity contribution in [3.8, 4) is 0 Å². The third-order valence-corrected chi connectivity index (χ3v) is 6.70. The number of pyridine rings is 1. The Labute approximate surface area is 191 Å². The number of carbonyl (C=O) groups excluding carboxylic acids is 1. The second-order valence-electron chi connectivity index (χ2n) is 7.87. The van der Waals surface area contributed by atoms with Crippen molar-refractivity contribution in [3.05, 3.63) is 95.8 Å². The first-order valence-corrected chi connectivity index (χ1v) is 11.5. The number of hydrogen-bond acceptors (Lipinski definition) is 4. The summed E-state index contributed by atoms with van der Waals surface area (Å²) in [5.41, 5.74) is 1.77. The van der Waals surface area contributed by atoms with Gasteiger partial charge in [0.25, 0.3) is 0 Å². The van der Waals surface area contributed by atoms with Crippen LogP contribution in [0.25, 0.3) is 0 Å². The fourth-order valence-electron chi connectivity index (χ4n) is 3.94. The van der Waals surface area contributed by atoms with Crippen molar-refractivity contribution in [2.45, 2.75) is 35.6 Å². The molecule has 2 heterocycles. The van der Waals surface area contributed by atoms with Crippen LogP contribution in [0.3, 0.4) is 0 Å². The average molecular weight is 454 g/mol. The zero-order chi connectivity index (χ0) is 22.3. The van der Waals surface area contributed by atoms with Crippen molar-refractivity contribution in [2.75, 3.05) is 13.1 Å². The van der Waals surface area contributed by atoms with Gasteiger partial charge in [-0.2, -0.15) is 0 Å². The molecular weight excluding hydrogens is 428 g/mol. The molecule has 1 N–H and O–H groups in total. The molecular formula is C25H25F2N3OS. The second-order valence-corrected chi connectivity index (χ2v) is 9.24. The first-order valence-electron chi connectivity index (χ1n) is 10.6. The van der Waals surface area contributed by atoms with E-state index in [2.05, 4.69) is 15.2 Å². The highest BCUT2D eigenvalue weighted by Gasteiger charge is 2.37. The summed E-state index contributed by atoms with van der Waals surface area (Å²) in [6.07, 6.45) is 3.02. The Kier molecular flexibility index (Phi) is 7.50. The molecule has 0 spiro atoms. The number of benzene rings is 2. The summed E-state index contributed by atoms with van der Waals surface area (Å²) >= 11 is 1.67. The van der Waals surface area contributed by atoms with Crippen LogP contribution in [0.5, 0.6) is 0 Å². The van der Waals surface area contributed by atoms with Crippen molar-refractivity contribution in [2.24, 2.45) is 0 Å². The Hall–Kier alpha value is -2.77. The minimum absolute atomic E-state index is 0.0282. The maximum Gasteiger partial charge on any atom is 0.237 e. The summed E-state index contributed by atoms with van der Waals surface area (Å²) in [6.45, 7) is 1.77. The van der Waals surface area contributed by atoms with Crippen LogP contribution in [0.2, 0.25) is 0 Å². The maximum absolute atomic E-state index is 13.4. The number of nitrogens with one attached hydrogen (secondary N) is 1. The molecule has 7 heteroatoms. The number of nitrogens with zero attached hydrogens (tertiary/aromatic N) is 2. The van der Waals surface area contributed by atoms with Gasteiger partial charge >= 0.3 is 0 Å². The van der Waals surface area contributed by atoms with E-state index in [0.717, 1.165) is 22.7 Å². The van der Waals surface area contributed by atoms with Crippen LogP contribution in [0, 0.1) is 11.6 Å². The zero-order valence-corrected chi connectivity index (χ0v) is 18.4. The van der Waals surface area contributed by atoms with E-state index < -0.39 is 0 Å². The summed E-state index contributed by atoms with van der Waals surface area (Å²) in [6, 6.07) is 18.4. The number of rotatable bonds is 8. The van der Waals surface area contributed by atoms with Gasteiger partial charge in [0.05, 0.1) is 11.7 Å². The lowest BCUT2D eigenvalue weighted by Crippen LogP contribution is -2.43. The summed E-state index contributed by atoms with van der Waals surface area (Å²) in [5, 5.41) is 3.23. The Morgan fingerprint density at radius 1 is 1.06 bits per heavy atom. The predicted octanol–water partition coefficient (Wildman–Crippen LogP) is 4.45. The first kappa shape index (κ1) is 22.4. The molecule has 1 saturated heterocycles. The van der Waals surface area contributed by atoms with Gasteiger partial charge in [-0.25, -0.2) is 8.78 Å². The van der Waals surface area contributed by atoms with E-state index in [1.54, 1.807) is 36.2 Å². The Balaban J connectivity index is 1.39. The third-order valence-electron chi connectivity index (χ3n) is 5.48. The van der Waals surface area contributed by atoms with E-state index >= 15 is 0 Å². The minimum Gasteiger partial charge on any atom is -0.354 e.